The van der Waals surface area contributed by atoms with Crippen molar-refractivity contribution in [3.63, 3.8) is 0 Å². The third kappa shape index (κ3) is 4.05. The monoisotopic (exact) mass is 374 g/mol. The Bertz CT molecular complexity index is 896. The summed E-state index contributed by atoms with van der Waals surface area (Å²) in [5, 5.41) is 0.854. The van der Waals surface area contributed by atoms with Gasteiger partial charge in [0, 0.05) is 16.8 Å². The van der Waals surface area contributed by atoms with Crippen LogP contribution in [-0.4, -0.2) is 35.4 Å². The number of aromatic nitrogens is 1. The number of fused-ring (bicyclic) bond motifs is 1. The maximum atomic E-state index is 12.2. The summed E-state index contributed by atoms with van der Waals surface area (Å²) in [7, 11) is 1.68. The van der Waals surface area contributed by atoms with Gasteiger partial charge in [0.05, 0.1) is 22.3 Å². The number of benzene rings is 1. The Morgan fingerprint density at radius 2 is 1.96 bits per heavy atom. The summed E-state index contributed by atoms with van der Waals surface area (Å²) in [6, 6.07) is 9.65. The average molecular weight is 374 g/mol. The summed E-state index contributed by atoms with van der Waals surface area (Å²) in [6.07, 6.45) is 0. The molecule has 7 heteroatoms. The summed E-state index contributed by atoms with van der Waals surface area (Å²) in [5.41, 5.74) is 1.46. The number of rotatable bonds is 5. The number of nitrogens with zero attached hydrogens (tertiary/aromatic N) is 2. The highest BCUT2D eigenvalue weighted by Gasteiger charge is 2.17. The van der Waals surface area contributed by atoms with Gasteiger partial charge in [0.25, 0.3) is 5.91 Å². The number of amides is 1. The molecular weight excluding hydrogens is 356 g/mol. The molecular formula is C18H18N2O3S2. The molecule has 1 amide bonds. The topological polar surface area (TPSA) is 59.5 Å². The molecule has 2 aromatic heterocycles. The van der Waals surface area contributed by atoms with E-state index >= 15 is 0 Å². The van der Waals surface area contributed by atoms with Crippen LogP contribution in [0.2, 0.25) is 0 Å². The van der Waals surface area contributed by atoms with Gasteiger partial charge in [0.1, 0.15) is 5.01 Å². The van der Waals surface area contributed by atoms with Crippen molar-refractivity contribution in [1.82, 2.24) is 9.88 Å². The molecule has 3 aromatic rings. The molecule has 0 fully saturated rings. The van der Waals surface area contributed by atoms with E-state index < -0.39 is 5.97 Å². The van der Waals surface area contributed by atoms with E-state index in [1.807, 2.05) is 38.1 Å². The second kappa shape index (κ2) is 7.33. The van der Waals surface area contributed by atoms with Crippen LogP contribution < -0.4 is 0 Å². The standard InChI is InChI=1S/C18H18N2O3S2/c1-11-8-13(12(2)24-11)18(22)23-10-17(21)20(3)9-16-19-14-6-4-5-7-15(14)25-16/h4-8H,9-10H2,1-3H3. The number of para-hydroxylation sites is 1. The van der Waals surface area contributed by atoms with Crippen LogP contribution in [0.15, 0.2) is 30.3 Å². The van der Waals surface area contributed by atoms with Crippen molar-refractivity contribution in [1.29, 1.82) is 0 Å². The highest BCUT2D eigenvalue weighted by atomic mass is 32.1. The van der Waals surface area contributed by atoms with E-state index in [-0.39, 0.29) is 12.5 Å². The van der Waals surface area contributed by atoms with Crippen molar-refractivity contribution in [2.24, 2.45) is 0 Å². The third-order valence-corrected chi connectivity index (χ3v) is 5.71. The Hall–Kier alpha value is -2.25. The number of thiazole rings is 1. The molecule has 0 saturated heterocycles. The van der Waals surface area contributed by atoms with Crippen LogP contribution in [0.4, 0.5) is 0 Å². The number of hydrogen-bond donors (Lipinski definition) is 0. The van der Waals surface area contributed by atoms with Gasteiger partial charge < -0.3 is 9.64 Å². The minimum atomic E-state index is -0.455. The van der Waals surface area contributed by atoms with Gasteiger partial charge in [0.15, 0.2) is 6.61 Å². The first-order valence-corrected chi connectivity index (χ1v) is 9.40. The summed E-state index contributed by atoms with van der Waals surface area (Å²) >= 11 is 3.10. The molecule has 130 valence electrons. The van der Waals surface area contributed by atoms with Crippen molar-refractivity contribution < 1.29 is 14.3 Å². The number of carbonyl (C=O) groups is 2. The molecule has 3 rings (SSSR count). The van der Waals surface area contributed by atoms with Gasteiger partial charge in [-0.25, -0.2) is 9.78 Å². The van der Waals surface area contributed by atoms with Crippen LogP contribution in [0.25, 0.3) is 10.2 Å². The number of hydrogen-bond acceptors (Lipinski definition) is 6. The minimum Gasteiger partial charge on any atom is -0.452 e. The Kier molecular flexibility index (Phi) is 5.15. The maximum Gasteiger partial charge on any atom is 0.339 e. The van der Waals surface area contributed by atoms with Crippen molar-refractivity contribution >= 4 is 44.8 Å². The van der Waals surface area contributed by atoms with Gasteiger partial charge in [-0.2, -0.15) is 0 Å². The minimum absolute atomic E-state index is 0.253. The second-order valence-corrected chi connectivity index (χ2v) is 8.30. The van der Waals surface area contributed by atoms with Crippen LogP contribution >= 0.6 is 22.7 Å². The van der Waals surface area contributed by atoms with Gasteiger partial charge in [-0.15, -0.1) is 22.7 Å². The van der Waals surface area contributed by atoms with Crippen molar-refractivity contribution in [2.45, 2.75) is 20.4 Å². The highest BCUT2D eigenvalue weighted by Crippen LogP contribution is 2.23. The SMILES string of the molecule is Cc1cc(C(=O)OCC(=O)N(C)Cc2nc3ccccc3s2)c(C)s1. The number of esters is 1. The van der Waals surface area contributed by atoms with Crippen molar-refractivity contribution in [3.05, 3.63) is 50.7 Å². The first-order valence-electron chi connectivity index (χ1n) is 7.76. The van der Waals surface area contributed by atoms with E-state index in [2.05, 4.69) is 4.98 Å². The Labute approximate surface area is 153 Å². The zero-order valence-corrected chi connectivity index (χ0v) is 15.9. The lowest BCUT2D eigenvalue weighted by molar-refractivity contribution is -0.133. The Balaban J connectivity index is 1.57. The summed E-state index contributed by atoms with van der Waals surface area (Å²) in [5.74, 6) is -0.708. The molecule has 0 N–H and O–H groups in total. The molecule has 0 aliphatic rings. The molecule has 0 unspecified atom stereocenters. The normalized spacial score (nSPS) is 10.8. The molecule has 25 heavy (non-hydrogen) atoms. The van der Waals surface area contributed by atoms with Gasteiger partial charge in [-0.1, -0.05) is 12.1 Å². The van der Waals surface area contributed by atoms with E-state index in [1.54, 1.807) is 24.5 Å². The smallest absolute Gasteiger partial charge is 0.339 e. The quantitative estimate of drug-likeness (QED) is 0.638. The fraction of sp³-hybridized carbons (Fsp3) is 0.278. The molecule has 0 bridgehead atoms. The molecule has 0 spiro atoms. The number of thiophene rings is 1. The Morgan fingerprint density at radius 3 is 2.64 bits per heavy atom. The predicted molar refractivity (Wildman–Crippen MR) is 100 cm³/mol. The largest absolute Gasteiger partial charge is 0.452 e. The van der Waals surface area contributed by atoms with Crippen LogP contribution in [0.5, 0.6) is 0 Å². The second-order valence-electron chi connectivity index (χ2n) is 5.73. The highest BCUT2D eigenvalue weighted by molar-refractivity contribution is 7.18. The van der Waals surface area contributed by atoms with Gasteiger partial charge in [-0.3, -0.25) is 4.79 Å². The lowest BCUT2D eigenvalue weighted by atomic mass is 10.2. The number of carbonyl (C=O) groups excluding carboxylic acids is 2. The van der Waals surface area contributed by atoms with Crippen molar-refractivity contribution in [3.8, 4) is 0 Å². The molecule has 0 saturated carbocycles. The van der Waals surface area contributed by atoms with E-state index in [0.717, 1.165) is 25.0 Å². The zero-order chi connectivity index (χ0) is 18.0. The van der Waals surface area contributed by atoms with Gasteiger partial charge in [0.2, 0.25) is 0 Å². The molecule has 5 nitrogen and oxygen atoms in total. The number of likely N-dealkylation sites (N-methyl/N-ethyl adjacent to an activating group) is 1. The van der Waals surface area contributed by atoms with Crippen molar-refractivity contribution in [2.75, 3.05) is 13.7 Å². The van der Waals surface area contributed by atoms with Crippen LogP contribution in [0.3, 0.4) is 0 Å². The van der Waals surface area contributed by atoms with Gasteiger partial charge >= 0.3 is 5.97 Å². The molecule has 1 aromatic carbocycles. The molecule has 0 aliphatic carbocycles. The van der Waals surface area contributed by atoms with E-state index in [1.165, 1.54) is 16.2 Å². The molecule has 0 radical (unpaired) electrons. The van der Waals surface area contributed by atoms with Crippen LogP contribution in [0.1, 0.15) is 25.1 Å². The zero-order valence-electron chi connectivity index (χ0n) is 14.2. The molecule has 2 heterocycles. The average Bonchev–Trinajstić information content (AvgIpc) is 3.13. The fourth-order valence-electron chi connectivity index (χ4n) is 2.43. The first kappa shape index (κ1) is 17.6. The summed E-state index contributed by atoms with van der Waals surface area (Å²) in [6.45, 7) is 3.93. The van der Waals surface area contributed by atoms with E-state index in [4.69, 9.17) is 4.74 Å². The Morgan fingerprint density at radius 1 is 1.20 bits per heavy atom. The van der Waals surface area contributed by atoms with Gasteiger partial charge in [-0.05, 0) is 32.0 Å². The molecule has 0 aliphatic heterocycles. The third-order valence-electron chi connectivity index (χ3n) is 3.72. The number of aryl methyl sites for hydroxylation is 2. The lowest BCUT2D eigenvalue weighted by Gasteiger charge is -2.15. The first-order chi connectivity index (χ1) is 11.9. The predicted octanol–water partition coefficient (Wildman–Crippen LogP) is 3.79. The maximum absolute atomic E-state index is 12.2. The fourth-order valence-corrected chi connectivity index (χ4v) is 4.36. The van der Waals surface area contributed by atoms with Crippen LogP contribution in [0, 0.1) is 13.8 Å². The van der Waals surface area contributed by atoms with E-state index in [9.17, 15) is 9.59 Å². The van der Waals surface area contributed by atoms with E-state index in [0.29, 0.717) is 12.1 Å². The summed E-state index contributed by atoms with van der Waals surface area (Å²) < 4.78 is 6.25. The molecule has 0 atom stereocenters. The lowest BCUT2D eigenvalue weighted by Crippen LogP contribution is -2.30. The van der Waals surface area contributed by atoms with Crippen LogP contribution in [-0.2, 0) is 16.1 Å². The summed E-state index contributed by atoms with van der Waals surface area (Å²) in [4.78, 5) is 32.3. The number of ether oxygens (including phenoxy) is 1.